The molecular formula is C16H24N2O4. The van der Waals surface area contributed by atoms with Crippen LogP contribution in [0.3, 0.4) is 0 Å². The molecule has 0 aliphatic carbocycles. The number of hydrogen-bond acceptors (Lipinski definition) is 4. The third-order valence-electron chi connectivity index (χ3n) is 3.63. The van der Waals surface area contributed by atoms with E-state index in [1.807, 2.05) is 6.92 Å². The fourth-order valence-corrected chi connectivity index (χ4v) is 2.44. The van der Waals surface area contributed by atoms with Crippen molar-refractivity contribution in [2.75, 3.05) is 20.2 Å². The summed E-state index contributed by atoms with van der Waals surface area (Å²) in [5, 5.41) is 0. The van der Waals surface area contributed by atoms with Gasteiger partial charge in [0, 0.05) is 23.7 Å². The highest BCUT2D eigenvalue weighted by Gasteiger charge is 2.25. The van der Waals surface area contributed by atoms with Crippen LogP contribution in [-0.4, -0.2) is 47.7 Å². The largest absolute Gasteiger partial charge is 0.464 e. The third-order valence-corrected chi connectivity index (χ3v) is 3.63. The molecule has 1 amide bonds. The van der Waals surface area contributed by atoms with Crippen molar-refractivity contribution in [3.63, 3.8) is 0 Å². The highest BCUT2D eigenvalue weighted by Crippen LogP contribution is 2.20. The third kappa shape index (κ3) is 3.55. The number of hydrogen-bond donors (Lipinski definition) is 1. The number of nitrogens with one attached hydrogen (secondary N) is 1. The molecule has 22 heavy (non-hydrogen) atoms. The van der Waals surface area contributed by atoms with E-state index in [2.05, 4.69) is 4.98 Å². The van der Waals surface area contributed by atoms with Crippen LogP contribution in [0.25, 0.3) is 0 Å². The lowest BCUT2D eigenvalue weighted by Gasteiger charge is -2.22. The van der Waals surface area contributed by atoms with Gasteiger partial charge in [0.2, 0.25) is 5.91 Å². The van der Waals surface area contributed by atoms with Gasteiger partial charge < -0.3 is 14.6 Å². The van der Waals surface area contributed by atoms with Crippen LogP contribution in [0.4, 0.5) is 0 Å². The van der Waals surface area contributed by atoms with E-state index >= 15 is 0 Å². The Bertz CT molecular complexity index is 587. The molecule has 0 radical (unpaired) electrons. The van der Waals surface area contributed by atoms with E-state index in [0.717, 1.165) is 0 Å². The van der Waals surface area contributed by atoms with Gasteiger partial charge in [-0.2, -0.15) is 0 Å². The van der Waals surface area contributed by atoms with Gasteiger partial charge in [-0.25, -0.2) is 4.79 Å². The van der Waals surface area contributed by atoms with Gasteiger partial charge in [-0.05, 0) is 26.3 Å². The summed E-state index contributed by atoms with van der Waals surface area (Å²) in [6.07, 6.45) is 0. The molecule has 0 aliphatic rings. The number of methoxy groups -OCH3 is 1. The Hall–Kier alpha value is -2.11. The number of H-pyrrole nitrogens is 1. The van der Waals surface area contributed by atoms with Crippen LogP contribution in [0.5, 0.6) is 0 Å². The molecule has 0 bridgehead atoms. The number of carbonyl (C=O) groups is 3. The van der Waals surface area contributed by atoms with E-state index < -0.39 is 5.97 Å². The minimum atomic E-state index is -0.509. The Labute approximate surface area is 130 Å². The molecule has 0 spiro atoms. The highest BCUT2D eigenvalue weighted by molar-refractivity contribution is 6.04. The number of aromatic nitrogens is 1. The fraction of sp³-hybridized carbons (Fsp3) is 0.562. The van der Waals surface area contributed by atoms with Crippen LogP contribution in [0, 0.1) is 19.8 Å². The molecule has 6 heteroatoms. The van der Waals surface area contributed by atoms with E-state index in [-0.39, 0.29) is 29.8 Å². The van der Waals surface area contributed by atoms with Gasteiger partial charge in [0.05, 0.1) is 13.7 Å². The van der Waals surface area contributed by atoms with Gasteiger partial charge in [-0.15, -0.1) is 0 Å². The number of nitrogens with zero attached hydrogens (tertiary/aromatic N) is 1. The van der Waals surface area contributed by atoms with Crippen LogP contribution < -0.4 is 0 Å². The van der Waals surface area contributed by atoms with Crippen molar-refractivity contribution in [2.24, 2.45) is 5.92 Å². The molecule has 1 rings (SSSR count). The molecule has 1 aromatic heterocycles. The maximum atomic E-state index is 12.5. The smallest absolute Gasteiger partial charge is 0.354 e. The zero-order valence-electron chi connectivity index (χ0n) is 14.1. The van der Waals surface area contributed by atoms with Crippen molar-refractivity contribution in [1.82, 2.24) is 9.88 Å². The van der Waals surface area contributed by atoms with Gasteiger partial charge in [0.15, 0.2) is 5.78 Å². The Kier molecular flexibility index (Phi) is 5.91. The van der Waals surface area contributed by atoms with Crippen molar-refractivity contribution in [3.05, 3.63) is 22.5 Å². The van der Waals surface area contributed by atoms with E-state index in [9.17, 15) is 14.4 Å². The summed E-state index contributed by atoms with van der Waals surface area (Å²) in [5.74, 6) is -0.913. The van der Waals surface area contributed by atoms with Crippen molar-refractivity contribution in [3.8, 4) is 0 Å². The zero-order chi connectivity index (χ0) is 17.0. The summed E-state index contributed by atoms with van der Waals surface area (Å²) in [6, 6.07) is 0. The molecule has 0 unspecified atom stereocenters. The number of aryl methyl sites for hydroxylation is 1. The van der Waals surface area contributed by atoms with E-state index in [1.54, 1.807) is 27.7 Å². The topological polar surface area (TPSA) is 79.5 Å². The SMILES string of the molecule is CCN(CC(=O)c1c(C)[nH]c(C(=O)OC)c1C)C(=O)C(C)C. The Morgan fingerprint density at radius 2 is 1.82 bits per heavy atom. The number of carbonyl (C=O) groups excluding carboxylic acids is 3. The van der Waals surface area contributed by atoms with Crippen molar-refractivity contribution >= 4 is 17.7 Å². The lowest BCUT2D eigenvalue weighted by atomic mass is 10.0. The molecule has 0 aliphatic heterocycles. The molecule has 1 heterocycles. The molecule has 0 saturated carbocycles. The molecule has 0 aromatic carbocycles. The number of Topliss-reactive ketones (excluding diaryl/α,β-unsaturated/α-hetero) is 1. The number of rotatable bonds is 6. The van der Waals surface area contributed by atoms with E-state index in [4.69, 9.17) is 4.74 Å². The van der Waals surface area contributed by atoms with Gasteiger partial charge in [-0.1, -0.05) is 13.8 Å². The predicted octanol–water partition coefficient (Wildman–Crippen LogP) is 2.11. The van der Waals surface area contributed by atoms with Gasteiger partial charge in [-0.3, -0.25) is 9.59 Å². The van der Waals surface area contributed by atoms with Crippen LogP contribution in [0.2, 0.25) is 0 Å². The molecule has 6 nitrogen and oxygen atoms in total. The minimum absolute atomic E-state index is 0.00760. The fourth-order valence-electron chi connectivity index (χ4n) is 2.44. The Morgan fingerprint density at radius 3 is 2.27 bits per heavy atom. The van der Waals surface area contributed by atoms with Crippen molar-refractivity contribution in [1.29, 1.82) is 0 Å². The lowest BCUT2D eigenvalue weighted by Crippen LogP contribution is -2.38. The van der Waals surface area contributed by atoms with Crippen LogP contribution >= 0.6 is 0 Å². The number of likely N-dealkylation sites (N-methyl/N-ethyl adjacent to an activating group) is 1. The summed E-state index contributed by atoms with van der Waals surface area (Å²) in [5.41, 5.74) is 1.90. The molecular weight excluding hydrogens is 284 g/mol. The molecule has 0 atom stereocenters. The normalized spacial score (nSPS) is 10.7. The average Bonchev–Trinajstić information content (AvgIpc) is 2.77. The second-order valence-electron chi connectivity index (χ2n) is 5.55. The second kappa shape index (κ2) is 7.24. The minimum Gasteiger partial charge on any atom is -0.464 e. The second-order valence-corrected chi connectivity index (χ2v) is 5.55. The predicted molar refractivity (Wildman–Crippen MR) is 83.0 cm³/mol. The summed E-state index contributed by atoms with van der Waals surface area (Å²) in [4.78, 5) is 40.7. The highest BCUT2D eigenvalue weighted by atomic mass is 16.5. The first kappa shape index (κ1) is 17.9. The first-order valence-electron chi connectivity index (χ1n) is 7.33. The molecule has 0 saturated heterocycles. The monoisotopic (exact) mass is 308 g/mol. The zero-order valence-corrected chi connectivity index (χ0v) is 14.1. The summed E-state index contributed by atoms with van der Waals surface area (Å²) < 4.78 is 4.69. The van der Waals surface area contributed by atoms with E-state index in [1.165, 1.54) is 12.0 Å². The van der Waals surface area contributed by atoms with Gasteiger partial charge in [0.25, 0.3) is 0 Å². The van der Waals surface area contributed by atoms with Gasteiger partial charge in [0.1, 0.15) is 5.69 Å². The Morgan fingerprint density at radius 1 is 1.23 bits per heavy atom. The summed E-state index contributed by atoms with van der Waals surface area (Å²) in [7, 11) is 1.29. The van der Waals surface area contributed by atoms with Crippen molar-refractivity contribution in [2.45, 2.75) is 34.6 Å². The maximum Gasteiger partial charge on any atom is 0.354 e. The van der Waals surface area contributed by atoms with E-state index in [0.29, 0.717) is 23.4 Å². The maximum absolute atomic E-state index is 12.5. The first-order chi connectivity index (χ1) is 10.2. The average molecular weight is 308 g/mol. The molecule has 1 N–H and O–H groups in total. The Balaban J connectivity index is 3.06. The summed E-state index contributed by atoms with van der Waals surface area (Å²) in [6.45, 7) is 9.35. The lowest BCUT2D eigenvalue weighted by molar-refractivity contribution is -0.133. The first-order valence-corrected chi connectivity index (χ1v) is 7.33. The number of ketones is 1. The van der Waals surface area contributed by atoms with Crippen LogP contribution in [-0.2, 0) is 9.53 Å². The molecule has 0 fully saturated rings. The number of amides is 1. The quantitative estimate of drug-likeness (QED) is 0.645. The number of esters is 1. The number of ether oxygens (including phenoxy) is 1. The number of aromatic amines is 1. The molecule has 122 valence electrons. The van der Waals surface area contributed by atoms with Crippen LogP contribution in [0.1, 0.15) is 52.9 Å². The standard InChI is InChI=1S/C16H24N2O4/c1-7-18(15(20)9(2)3)8-12(19)13-10(4)14(16(21)22-6)17-11(13)5/h9,17H,7-8H2,1-6H3. The van der Waals surface area contributed by atoms with Gasteiger partial charge >= 0.3 is 5.97 Å². The summed E-state index contributed by atoms with van der Waals surface area (Å²) >= 11 is 0. The molecule has 1 aromatic rings. The van der Waals surface area contributed by atoms with Crippen LogP contribution in [0.15, 0.2) is 0 Å². The van der Waals surface area contributed by atoms with Crippen molar-refractivity contribution < 1.29 is 19.1 Å².